The largest absolute Gasteiger partial charge is 0.354 e. The Balaban J connectivity index is 2.19. The Bertz CT molecular complexity index is 1110. The average Bonchev–Trinajstić information content (AvgIpc) is 2.77. The van der Waals surface area contributed by atoms with Crippen LogP contribution in [0.4, 0.5) is 5.69 Å². The summed E-state index contributed by atoms with van der Waals surface area (Å²) in [4.78, 5) is 27.6. The summed E-state index contributed by atoms with van der Waals surface area (Å²) >= 11 is 0. The number of sulfonamides is 1. The van der Waals surface area contributed by atoms with Crippen LogP contribution in [0.25, 0.3) is 0 Å². The highest BCUT2D eigenvalue weighted by atomic mass is 32.2. The number of hydrogen-bond acceptors (Lipinski definition) is 4. The van der Waals surface area contributed by atoms with Crippen molar-refractivity contribution in [3.05, 3.63) is 64.7 Å². The minimum absolute atomic E-state index is 0.133. The number of amides is 2. The van der Waals surface area contributed by atoms with E-state index in [1.807, 2.05) is 70.2 Å². The van der Waals surface area contributed by atoms with Gasteiger partial charge >= 0.3 is 0 Å². The second-order valence-corrected chi connectivity index (χ2v) is 11.1. The van der Waals surface area contributed by atoms with Crippen molar-refractivity contribution in [2.24, 2.45) is 0 Å². The molecule has 0 aromatic heterocycles. The average molecular weight is 502 g/mol. The van der Waals surface area contributed by atoms with Crippen LogP contribution in [-0.2, 0) is 26.2 Å². The smallest absolute Gasteiger partial charge is 0.242 e. The van der Waals surface area contributed by atoms with Gasteiger partial charge in [0.1, 0.15) is 6.04 Å². The third kappa shape index (κ3) is 8.38. The Kier molecular flexibility index (Phi) is 10.3. The summed E-state index contributed by atoms with van der Waals surface area (Å²) in [6.45, 7) is 10.6. The molecule has 7 nitrogen and oxygen atoms in total. The van der Waals surface area contributed by atoms with Gasteiger partial charge in [-0.15, -0.1) is 0 Å². The van der Waals surface area contributed by atoms with E-state index in [2.05, 4.69) is 5.32 Å². The molecule has 0 radical (unpaired) electrons. The maximum absolute atomic E-state index is 13.3. The zero-order valence-electron chi connectivity index (χ0n) is 21.8. The summed E-state index contributed by atoms with van der Waals surface area (Å²) in [5, 5.41) is 2.87. The van der Waals surface area contributed by atoms with Gasteiger partial charge in [-0.3, -0.25) is 13.9 Å². The predicted octanol–water partition coefficient (Wildman–Crippen LogP) is 4.10. The van der Waals surface area contributed by atoms with E-state index in [9.17, 15) is 18.0 Å². The van der Waals surface area contributed by atoms with Crippen LogP contribution < -0.4 is 9.62 Å². The van der Waals surface area contributed by atoms with Gasteiger partial charge in [-0.05, 0) is 74.9 Å². The molecule has 0 fully saturated rings. The number of carbonyl (C=O) groups is 2. The SMILES string of the molecule is CCCNC(=O)[C@H](C)N(Cc1ccccc1C)C(=O)CCCN(c1cc(C)cc(C)c1)S(C)(=O)=O. The van der Waals surface area contributed by atoms with E-state index in [4.69, 9.17) is 0 Å². The minimum atomic E-state index is -3.52. The van der Waals surface area contributed by atoms with Crippen molar-refractivity contribution in [3.63, 3.8) is 0 Å². The summed E-state index contributed by atoms with van der Waals surface area (Å²) in [5.74, 6) is -0.372. The molecule has 2 aromatic rings. The molecule has 0 saturated heterocycles. The third-order valence-electron chi connectivity index (χ3n) is 5.97. The molecule has 0 spiro atoms. The topological polar surface area (TPSA) is 86.8 Å². The molecule has 0 bridgehead atoms. The molecule has 2 rings (SSSR count). The van der Waals surface area contributed by atoms with E-state index in [1.165, 1.54) is 10.6 Å². The van der Waals surface area contributed by atoms with E-state index >= 15 is 0 Å². The molecule has 2 amide bonds. The van der Waals surface area contributed by atoms with Gasteiger partial charge in [0.2, 0.25) is 21.8 Å². The van der Waals surface area contributed by atoms with E-state index in [0.717, 1.165) is 28.7 Å². The van der Waals surface area contributed by atoms with Gasteiger partial charge < -0.3 is 10.2 Å². The molecular weight excluding hydrogens is 462 g/mol. The minimum Gasteiger partial charge on any atom is -0.354 e. The Morgan fingerprint density at radius 1 is 1.03 bits per heavy atom. The molecule has 0 heterocycles. The summed E-state index contributed by atoms with van der Waals surface area (Å²) in [7, 11) is -3.52. The van der Waals surface area contributed by atoms with Crippen molar-refractivity contribution in [2.75, 3.05) is 23.7 Å². The van der Waals surface area contributed by atoms with Crippen LogP contribution in [0, 0.1) is 20.8 Å². The van der Waals surface area contributed by atoms with Crippen LogP contribution in [-0.4, -0.2) is 50.5 Å². The van der Waals surface area contributed by atoms with Crippen LogP contribution >= 0.6 is 0 Å². The van der Waals surface area contributed by atoms with Crippen LogP contribution in [0.3, 0.4) is 0 Å². The highest BCUT2D eigenvalue weighted by molar-refractivity contribution is 7.92. The number of rotatable bonds is 12. The molecule has 0 unspecified atom stereocenters. The first-order chi connectivity index (χ1) is 16.4. The zero-order valence-corrected chi connectivity index (χ0v) is 22.6. The monoisotopic (exact) mass is 501 g/mol. The Labute approximate surface area is 210 Å². The molecule has 8 heteroatoms. The number of carbonyl (C=O) groups excluding carboxylic acids is 2. The molecule has 0 aliphatic carbocycles. The fourth-order valence-corrected chi connectivity index (χ4v) is 5.00. The molecule has 1 N–H and O–H groups in total. The van der Waals surface area contributed by atoms with Crippen LogP contribution in [0.5, 0.6) is 0 Å². The van der Waals surface area contributed by atoms with E-state index < -0.39 is 16.1 Å². The second kappa shape index (κ2) is 12.7. The van der Waals surface area contributed by atoms with Gasteiger partial charge in [0.05, 0.1) is 11.9 Å². The molecule has 0 aliphatic rings. The fourth-order valence-electron chi connectivity index (χ4n) is 4.05. The second-order valence-electron chi connectivity index (χ2n) is 9.20. The molecule has 0 aliphatic heterocycles. The van der Waals surface area contributed by atoms with Crippen molar-refractivity contribution in [1.82, 2.24) is 10.2 Å². The van der Waals surface area contributed by atoms with Crippen molar-refractivity contribution in [1.29, 1.82) is 0 Å². The number of hydrogen-bond donors (Lipinski definition) is 1. The number of benzene rings is 2. The van der Waals surface area contributed by atoms with E-state index in [-0.39, 0.29) is 24.8 Å². The van der Waals surface area contributed by atoms with Gasteiger partial charge in [-0.1, -0.05) is 37.3 Å². The van der Waals surface area contributed by atoms with Crippen LogP contribution in [0.1, 0.15) is 55.4 Å². The maximum atomic E-state index is 13.3. The summed E-state index contributed by atoms with van der Waals surface area (Å²) in [5.41, 5.74) is 4.57. The summed E-state index contributed by atoms with van der Waals surface area (Å²) in [6, 6.07) is 12.8. The highest BCUT2D eigenvalue weighted by Gasteiger charge is 2.27. The normalized spacial score (nSPS) is 12.2. The van der Waals surface area contributed by atoms with Gasteiger partial charge in [-0.2, -0.15) is 0 Å². The first kappa shape index (κ1) is 28.4. The molecule has 35 heavy (non-hydrogen) atoms. The zero-order chi connectivity index (χ0) is 26.2. The molecular formula is C27H39N3O4S. The highest BCUT2D eigenvalue weighted by Crippen LogP contribution is 2.22. The number of aryl methyl sites for hydroxylation is 3. The Hall–Kier alpha value is -2.87. The number of anilines is 1. The molecule has 0 saturated carbocycles. The Morgan fingerprint density at radius 3 is 2.23 bits per heavy atom. The Morgan fingerprint density at radius 2 is 1.66 bits per heavy atom. The van der Waals surface area contributed by atoms with Gasteiger partial charge in [-0.25, -0.2) is 8.42 Å². The van der Waals surface area contributed by atoms with Gasteiger partial charge in [0.15, 0.2) is 0 Å². The first-order valence-corrected chi connectivity index (χ1v) is 14.0. The van der Waals surface area contributed by atoms with Crippen molar-refractivity contribution in [3.8, 4) is 0 Å². The number of nitrogens with one attached hydrogen (secondary N) is 1. The third-order valence-corrected chi connectivity index (χ3v) is 7.16. The van der Waals surface area contributed by atoms with Gasteiger partial charge in [0.25, 0.3) is 0 Å². The predicted molar refractivity (Wildman–Crippen MR) is 142 cm³/mol. The van der Waals surface area contributed by atoms with Crippen molar-refractivity contribution < 1.29 is 18.0 Å². The lowest BCUT2D eigenvalue weighted by Gasteiger charge is -2.30. The standard InChI is InChI=1S/C27H39N3O4S/c1-7-14-28-27(32)23(5)29(19-24-12-9-8-11-22(24)4)26(31)13-10-15-30(35(6,33)34)25-17-20(2)16-21(3)18-25/h8-9,11-12,16-18,23H,7,10,13-15,19H2,1-6H3,(H,28,32)/t23-/m0/s1. The first-order valence-electron chi connectivity index (χ1n) is 12.1. The van der Waals surface area contributed by atoms with E-state index in [1.54, 1.807) is 11.8 Å². The lowest BCUT2D eigenvalue weighted by Crippen LogP contribution is -2.48. The lowest BCUT2D eigenvalue weighted by atomic mass is 10.1. The lowest BCUT2D eigenvalue weighted by molar-refractivity contribution is -0.140. The number of nitrogens with zero attached hydrogens (tertiary/aromatic N) is 2. The molecule has 2 aromatic carbocycles. The van der Waals surface area contributed by atoms with Crippen LogP contribution in [0.15, 0.2) is 42.5 Å². The molecule has 1 atom stereocenters. The molecule has 192 valence electrons. The maximum Gasteiger partial charge on any atom is 0.242 e. The fraction of sp³-hybridized carbons (Fsp3) is 0.481. The summed E-state index contributed by atoms with van der Waals surface area (Å²) in [6.07, 6.45) is 2.46. The quantitative estimate of drug-likeness (QED) is 0.474. The summed E-state index contributed by atoms with van der Waals surface area (Å²) < 4.78 is 26.4. The van der Waals surface area contributed by atoms with Crippen molar-refractivity contribution >= 4 is 27.5 Å². The van der Waals surface area contributed by atoms with E-state index in [0.29, 0.717) is 25.2 Å². The van der Waals surface area contributed by atoms with Crippen LogP contribution in [0.2, 0.25) is 0 Å². The van der Waals surface area contributed by atoms with Gasteiger partial charge in [0, 0.05) is 26.1 Å². The van der Waals surface area contributed by atoms with Crippen molar-refractivity contribution in [2.45, 2.75) is 66.5 Å².